The summed E-state index contributed by atoms with van der Waals surface area (Å²) < 4.78 is 36.5. The third-order valence-corrected chi connectivity index (χ3v) is 9.74. The van der Waals surface area contributed by atoms with Gasteiger partial charge in [-0.3, -0.25) is 18.7 Å². The zero-order valence-electron chi connectivity index (χ0n) is 21.5. The van der Waals surface area contributed by atoms with Gasteiger partial charge in [0.1, 0.15) is 6.61 Å². The maximum absolute atomic E-state index is 13.6. The summed E-state index contributed by atoms with van der Waals surface area (Å²) in [5, 5.41) is 0. The van der Waals surface area contributed by atoms with E-state index < -0.39 is 23.4 Å². The fourth-order valence-electron chi connectivity index (χ4n) is 3.23. The molecule has 190 valence electrons. The topological polar surface area (TPSA) is 74.3 Å². The predicted molar refractivity (Wildman–Crippen MR) is 132 cm³/mol. The van der Waals surface area contributed by atoms with E-state index in [0.717, 1.165) is 63.5 Å². The smallest absolute Gasteiger partial charge is 0.390 e. The summed E-state index contributed by atoms with van der Waals surface area (Å²) in [4.78, 5) is 15.0. The Balaban J connectivity index is 2.58. The van der Waals surface area contributed by atoms with Crippen LogP contribution in [-0.4, -0.2) is 67.3 Å². The Morgan fingerprint density at radius 3 is 2.16 bits per heavy atom. The molecule has 0 aromatic carbocycles. The van der Waals surface area contributed by atoms with Crippen molar-refractivity contribution in [3.05, 3.63) is 0 Å². The average molecular weight is 496 g/mol. The highest BCUT2D eigenvalue weighted by Crippen LogP contribution is 2.65. The van der Waals surface area contributed by atoms with Crippen molar-refractivity contribution in [3.8, 4) is 0 Å². The van der Waals surface area contributed by atoms with Crippen molar-refractivity contribution in [2.45, 2.75) is 92.3 Å². The molecule has 1 aliphatic rings. The van der Waals surface area contributed by atoms with Gasteiger partial charge in [0, 0.05) is 18.8 Å². The second-order valence-electron chi connectivity index (χ2n) is 10.3. The van der Waals surface area contributed by atoms with Gasteiger partial charge in [-0.05, 0) is 78.7 Å². The van der Waals surface area contributed by atoms with Crippen molar-refractivity contribution < 1.29 is 27.9 Å². The van der Waals surface area contributed by atoms with Crippen molar-refractivity contribution in [1.82, 2.24) is 4.90 Å². The lowest BCUT2D eigenvalue weighted by Crippen LogP contribution is -2.39. The molecule has 0 bridgehead atoms. The molecule has 1 aliphatic heterocycles. The molecule has 0 saturated carbocycles. The van der Waals surface area contributed by atoms with Gasteiger partial charge >= 0.3 is 12.8 Å². The minimum absolute atomic E-state index is 0.169. The molecule has 0 aromatic rings. The highest BCUT2D eigenvalue weighted by Gasteiger charge is 2.38. The Morgan fingerprint density at radius 2 is 1.59 bits per heavy atom. The Hall–Kier alpha value is -0.110. The molecule has 0 aromatic heterocycles. The number of morpholine rings is 1. The normalized spacial score (nSPS) is 18.4. The lowest BCUT2D eigenvalue weighted by atomic mass is 9.89. The summed E-state index contributed by atoms with van der Waals surface area (Å²) in [5.74, 6) is 0.119. The lowest BCUT2D eigenvalue weighted by molar-refractivity contribution is -0.154. The molecule has 7 nitrogen and oxygen atoms in total. The van der Waals surface area contributed by atoms with E-state index in [-0.39, 0.29) is 12.6 Å². The largest absolute Gasteiger partial charge is 0.464 e. The number of nitrogens with zero attached hydrogens (tertiary/aromatic N) is 1. The van der Waals surface area contributed by atoms with E-state index in [2.05, 4.69) is 11.8 Å². The van der Waals surface area contributed by atoms with Gasteiger partial charge < -0.3 is 9.47 Å². The number of carbonyl (C=O) groups excluding carboxylic acids is 1. The van der Waals surface area contributed by atoms with Crippen molar-refractivity contribution >= 4 is 24.1 Å². The van der Waals surface area contributed by atoms with Crippen LogP contribution in [0.3, 0.4) is 0 Å². The zero-order valence-corrected chi connectivity index (χ0v) is 23.2. The summed E-state index contributed by atoms with van der Waals surface area (Å²) in [6.45, 7) is 16.5. The van der Waals surface area contributed by atoms with Gasteiger partial charge in [0.05, 0.1) is 29.8 Å². The van der Waals surface area contributed by atoms with Gasteiger partial charge in [-0.1, -0.05) is 20.3 Å². The van der Waals surface area contributed by atoms with Gasteiger partial charge in [-0.25, -0.2) is 4.57 Å². The van der Waals surface area contributed by atoms with E-state index in [4.69, 9.17) is 18.5 Å². The minimum atomic E-state index is -3.43. The molecule has 1 rings (SSSR count). The van der Waals surface area contributed by atoms with Crippen LogP contribution >= 0.6 is 18.2 Å². The first kappa shape index (κ1) is 29.9. The van der Waals surface area contributed by atoms with Crippen LogP contribution < -0.4 is 0 Å². The Bertz CT molecular complexity index is 620. The van der Waals surface area contributed by atoms with Crippen molar-refractivity contribution in [2.75, 3.05) is 45.2 Å². The van der Waals surface area contributed by atoms with Crippen LogP contribution in [0.4, 0.5) is 0 Å². The second-order valence-corrected chi connectivity index (χ2v) is 14.4. The predicted octanol–water partition coefficient (Wildman–Crippen LogP) is 5.92. The van der Waals surface area contributed by atoms with Crippen LogP contribution in [0.2, 0.25) is 0 Å². The number of rotatable bonds is 15. The fourth-order valence-corrected chi connectivity index (χ4v) is 7.61. The summed E-state index contributed by atoms with van der Waals surface area (Å²) >= 11 is 1.12. The van der Waals surface area contributed by atoms with Gasteiger partial charge in [-0.15, -0.1) is 0 Å². The van der Waals surface area contributed by atoms with Gasteiger partial charge in [0.2, 0.25) is 0 Å². The highest BCUT2D eigenvalue weighted by atomic mass is 32.7. The third-order valence-electron chi connectivity index (χ3n) is 5.70. The first-order chi connectivity index (χ1) is 14.7. The molecule has 0 aliphatic carbocycles. The molecule has 9 heteroatoms. The Labute approximate surface area is 199 Å². The molecule has 1 unspecified atom stereocenters. The van der Waals surface area contributed by atoms with Gasteiger partial charge in [-0.2, -0.15) is 0 Å². The van der Waals surface area contributed by atoms with Crippen molar-refractivity contribution in [3.63, 3.8) is 0 Å². The van der Waals surface area contributed by atoms with Crippen LogP contribution in [0, 0.1) is 5.41 Å². The van der Waals surface area contributed by atoms with E-state index in [9.17, 15) is 9.36 Å². The quantitative estimate of drug-likeness (QED) is 0.157. The van der Waals surface area contributed by atoms with Crippen LogP contribution in [-0.2, 0) is 27.9 Å². The van der Waals surface area contributed by atoms with Gasteiger partial charge in [0.25, 0.3) is 0 Å². The molecule has 0 spiro atoms. The van der Waals surface area contributed by atoms with E-state index >= 15 is 0 Å². The maximum atomic E-state index is 13.6. The standard InChI is InChI=1S/C23H46NO6PS/c1-9-11-23(7,8)30-31(26,29-22(5,6)10-2)32-19-18-28-20(25)21(3,4)12-13-24-14-16-27-17-15-24/h9-19H2,1-8H3. The Kier molecular flexibility index (Phi) is 12.3. The first-order valence-electron chi connectivity index (χ1n) is 11.9. The number of carbonyl (C=O) groups is 1. The molecule has 32 heavy (non-hydrogen) atoms. The van der Waals surface area contributed by atoms with E-state index in [1.807, 2.05) is 48.5 Å². The van der Waals surface area contributed by atoms with Crippen molar-refractivity contribution in [1.29, 1.82) is 0 Å². The molecule has 0 N–H and O–H groups in total. The minimum Gasteiger partial charge on any atom is -0.464 e. The zero-order chi connectivity index (χ0) is 24.5. The Morgan fingerprint density at radius 1 is 1.00 bits per heavy atom. The molecule has 1 heterocycles. The van der Waals surface area contributed by atoms with E-state index in [1.54, 1.807) is 0 Å². The SMILES string of the molecule is CCCC(C)(C)OP(=O)(OC(C)(C)CC)SCCOC(=O)C(C)(C)CCN1CCOCC1. The van der Waals surface area contributed by atoms with Gasteiger partial charge in [0.15, 0.2) is 0 Å². The first-order valence-corrected chi connectivity index (χ1v) is 15.0. The number of hydrogen-bond acceptors (Lipinski definition) is 8. The fraction of sp³-hybridized carbons (Fsp3) is 0.957. The van der Waals surface area contributed by atoms with Crippen LogP contribution in [0.1, 0.15) is 81.1 Å². The van der Waals surface area contributed by atoms with Crippen molar-refractivity contribution in [2.24, 2.45) is 5.41 Å². The van der Waals surface area contributed by atoms with E-state index in [0.29, 0.717) is 12.2 Å². The van der Waals surface area contributed by atoms with E-state index in [1.165, 1.54) is 0 Å². The molecular formula is C23H46NO6PS. The summed E-state index contributed by atoms with van der Waals surface area (Å²) in [5.41, 5.74) is -1.70. The number of esters is 1. The summed E-state index contributed by atoms with van der Waals surface area (Å²) in [6, 6.07) is 0. The third kappa shape index (κ3) is 11.3. The maximum Gasteiger partial charge on any atom is 0.390 e. The number of hydrogen-bond donors (Lipinski definition) is 0. The molecule has 1 saturated heterocycles. The van der Waals surface area contributed by atoms with Crippen LogP contribution in [0.25, 0.3) is 0 Å². The highest BCUT2D eigenvalue weighted by molar-refractivity contribution is 8.55. The molecule has 0 radical (unpaired) electrons. The van der Waals surface area contributed by atoms with Crippen LogP contribution in [0.15, 0.2) is 0 Å². The molecular weight excluding hydrogens is 449 g/mol. The summed E-state index contributed by atoms with van der Waals surface area (Å²) in [7, 11) is 0. The average Bonchev–Trinajstić information content (AvgIpc) is 2.69. The number of ether oxygens (including phenoxy) is 2. The molecule has 0 amide bonds. The second kappa shape index (κ2) is 13.1. The monoisotopic (exact) mass is 495 g/mol. The molecule has 1 fully saturated rings. The lowest BCUT2D eigenvalue weighted by Gasteiger charge is -2.34. The van der Waals surface area contributed by atoms with Crippen LogP contribution in [0.5, 0.6) is 0 Å². The summed E-state index contributed by atoms with van der Waals surface area (Å²) in [6.07, 6.45) is 3.13. The molecule has 1 atom stereocenters.